The molecule has 0 bridgehead atoms. The minimum atomic E-state index is 0.0400. The Morgan fingerprint density at radius 1 is 1.37 bits per heavy atom. The number of nitrogens with one attached hydrogen (secondary N) is 1. The van der Waals surface area contributed by atoms with E-state index in [9.17, 15) is 4.79 Å². The lowest BCUT2D eigenvalue weighted by molar-refractivity contribution is 0.0789. The second kappa shape index (κ2) is 7.05. The molecule has 6 nitrogen and oxygen atoms in total. The second-order valence-corrected chi connectivity index (χ2v) is 8.75. The van der Waals surface area contributed by atoms with Crippen molar-refractivity contribution in [1.29, 1.82) is 0 Å². The molecule has 1 atom stereocenters. The van der Waals surface area contributed by atoms with Crippen molar-refractivity contribution in [2.75, 3.05) is 26.7 Å². The fourth-order valence-electron chi connectivity index (χ4n) is 3.93. The van der Waals surface area contributed by atoms with Gasteiger partial charge in [-0.05, 0) is 58.8 Å². The van der Waals surface area contributed by atoms with Crippen LogP contribution in [0, 0.1) is 26.7 Å². The third-order valence-corrected chi connectivity index (χ3v) is 6.20. The molecule has 0 saturated carbocycles. The number of rotatable bonds is 4. The first kappa shape index (κ1) is 18.1. The van der Waals surface area contributed by atoms with Gasteiger partial charge in [-0.2, -0.15) is 0 Å². The highest BCUT2D eigenvalue weighted by molar-refractivity contribution is 7.12. The summed E-state index contributed by atoms with van der Waals surface area (Å²) in [6.45, 7) is 8.51. The van der Waals surface area contributed by atoms with Crippen molar-refractivity contribution in [2.45, 2.75) is 27.2 Å². The number of amides is 1. The van der Waals surface area contributed by atoms with Gasteiger partial charge in [-0.1, -0.05) is 5.16 Å². The number of carbonyl (C=O) groups is 1. The summed E-state index contributed by atoms with van der Waals surface area (Å²) in [6.07, 6.45) is 1.03. The SMILES string of the molecule is CNCC1CCN(C(=O)c2cc(-c3cc(C)sc3C)nc3onc(C)c23)C1. The normalized spacial score (nSPS) is 17.2. The van der Waals surface area contributed by atoms with Crippen LogP contribution in [-0.4, -0.2) is 47.6 Å². The van der Waals surface area contributed by atoms with Gasteiger partial charge < -0.3 is 14.7 Å². The number of likely N-dealkylation sites (tertiary alicyclic amines) is 1. The van der Waals surface area contributed by atoms with E-state index in [0.717, 1.165) is 42.7 Å². The fourth-order valence-corrected chi connectivity index (χ4v) is 4.86. The molecule has 0 radical (unpaired) electrons. The lowest BCUT2D eigenvalue weighted by atomic mass is 10.0. The van der Waals surface area contributed by atoms with Gasteiger partial charge in [-0.25, -0.2) is 4.98 Å². The van der Waals surface area contributed by atoms with Crippen LogP contribution in [0.1, 0.15) is 32.2 Å². The van der Waals surface area contributed by atoms with E-state index in [2.05, 4.69) is 35.4 Å². The van der Waals surface area contributed by atoms with Gasteiger partial charge in [0.25, 0.3) is 11.6 Å². The Hall–Kier alpha value is -2.25. The van der Waals surface area contributed by atoms with Crippen LogP contribution in [-0.2, 0) is 0 Å². The number of pyridine rings is 1. The van der Waals surface area contributed by atoms with Gasteiger partial charge in [-0.15, -0.1) is 11.3 Å². The van der Waals surface area contributed by atoms with Crippen LogP contribution in [0.5, 0.6) is 0 Å². The topological polar surface area (TPSA) is 71.3 Å². The van der Waals surface area contributed by atoms with E-state index in [0.29, 0.717) is 22.9 Å². The Labute approximate surface area is 162 Å². The fraction of sp³-hybridized carbons (Fsp3) is 0.450. The van der Waals surface area contributed by atoms with Gasteiger partial charge in [0.15, 0.2) is 0 Å². The minimum absolute atomic E-state index is 0.0400. The highest BCUT2D eigenvalue weighted by atomic mass is 32.1. The van der Waals surface area contributed by atoms with Crippen molar-refractivity contribution in [3.8, 4) is 11.3 Å². The van der Waals surface area contributed by atoms with Crippen molar-refractivity contribution in [3.63, 3.8) is 0 Å². The average Bonchev–Trinajstić information content (AvgIpc) is 3.33. The van der Waals surface area contributed by atoms with E-state index >= 15 is 0 Å². The third kappa shape index (κ3) is 3.26. The second-order valence-electron chi connectivity index (χ2n) is 7.29. The van der Waals surface area contributed by atoms with Gasteiger partial charge in [0.05, 0.1) is 22.3 Å². The zero-order valence-corrected chi connectivity index (χ0v) is 16.9. The van der Waals surface area contributed by atoms with Crippen molar-refractivity contribution >= 4 is 28.3 Å². The summed E-state index contributed by atoms with van der Waals surface area (Å²) in [4.78, 5) is 22.3. The van der Waals surface area contributed by atoms with Crippen molar-refractivity contribution in [2.24, 2.45) is 5.92 Å². The molecule has 1 N–H and O–H groups in total. The average molecular weight is 385 g/mol. The molecule has 1 aliphatic heterocycles. The maximum absolute atomic E-state index is 13.3. The smallest absolute Gasteiger partial charge is 0.259 e. The molecule has 27 heavy (non-hydrogen) atoms. The molecule has 1 unspecified atom stereocenters. The molecule has 142 valence electrons. The summed E-state index contributed by atoms with van der Waals surface area (Å²) in [5.41, 5.74) is 3.60. The molecular weight excluding hydrogens is 360 g/mol. The van der Waals surface area contributed by atoms with Crippen LogP contribution in [0.25, 0.3) is 22.4 Å². The molecule has 1 fully saturated rings. The molecule has 4 heterocycles. The standard InChI is InChI=1S/C20H24N4O2S/c1-11-7-15(13(3)27-11)17-8-16(18-12(2)23-26-19(18)22-17)20(25)24-6-5-14(10-24)9-21-4/h7-8,14,21H,5-6,9-10H2,1-4H3. The van der Waals surface area contributed by atoms with E-state index in [-0.39, 0.29) is 5.91 Å². The molecule has 0 aliphatic carbocycles. The van der Waals surface area contributed by atoms with Crippen LogP contribution < -0.4 is 5.32 Å². The van der Waals surface area contributed by atoms with Gasteiger partial charge >= 0.3 is 0 Å². The summed E-state index contributed by atoms with van der Waals surface area (Å²) in [5.74, 6) is 0.541. The lowest BCUT2D eigenvalue weighted by Gasteiger charge is -2.17. The first-order chi connectivity index (χ1) is 13.0. The van der Waals surface area contributed by atoms with Crippen LogP contribution in [0.4, 0.5) is 0 Å². The number of aryl methyl sites for hydroxylation is 3. The van der Waals surface area contributed by atoms with Crippen LogP contribution >= 0.6 is 11.3 Å². The monoisotopic (exact) mass is 384 g/mol. The summed E-state index contributed by atoms with van der Waals surface area (Å²) in [5, 5.41) is 7.99. The van der Waals surface area contributed by atoms with E-state index in [1.54, 1.807) is 11.3 Å². The predicted molar refractivity (Wildman–Crippen MR) is 107 cm³/mol. The van der Waals surface area contributed by atoms with E-state index in [1.807, 2.05) is 24.9 Å². The number of thiophene rings is 1. The van der Waals surface area contributed by atoms with Gasteiger partial charge in [0.2, 0.25) is 0 Å². The van der Waals surface area contributed by atoms with Gasteiger partial charge in [0, 0.05) is 28.4 Å². The van der Waals surface area contributed by atoms with E-state index in [1.165, 1.54) is 9.75 Å². The van der Waals surface area contributed by atoms with Crippen LogP contribution in [0.3, 0.4) is 0 Å². The molecule has 4 rings (SSSR count). The zero-order valence-electron chi connectivity index (χ0n) is 16.1. The number of fused-ring (bicyclic) bond motifs is 1. The van der Waals surface area contributed by atoms with Crippen molar-refractivity contribution in [1.82, 2.24) is 20.4 Å². The molecule has 1 amide bonds. The Morgan fingerprint density at radius 3 is 2.89 bits per heavy atom. The maximum Gasteiger partial charge on any atom is 0.259 e. The molecule has 1 aliphatic rings. The van der Waals surface area contributed by atoms with Gasteiger partial charge in [-0.3, -0.25) is 4.79 Å². The number of carbonyl (C=O) groups excluding carboxylic acids is 1. The molecule has 0 spiro atoms. The Bertz CT molecular complexity index is 1010. The van der Waals surface area contributed by atoms with E-state index in [4.69, 9.17) is 4.52 Å². The summed E-state index contributed by atoms with van der Waals surface area (Å²) < 4.78 is 5.43. The molecular formula is C20H24N4O2S. The van der Waals surface area contributed by atoms with Crippen molar-refractivity contribution in [3.05, 3.63) is 33.1 Å². The molecule has 0 aromatic carbocycles. The summed E-state index contributed by atoms with van der Waals surface area (Å²) in [6, 6.07) is 4.03. The van der Waals surface area contributed by atoms with Gasteiger partial charge in [0.1, 0.15) is 0 Å². The highest BCUT2D eigenvalue weighted by Crippen LogP contribution is 2.33. The van der Waals surface area contributed by atoms with E-state index < -0.39 is 0 Å². The predicted octanol–water partition coefficient (Wildman–Crippen LogP) is 3.56. The number of hydrogen-bond acceptors (Lipinski definition) is 6. The lowest BCUT2D eigenvalue weighted by Crippen LogP contribution is -2.30. The quantitative estimate of drug-likeness (QED) is 0.745. The number of hydrogen-bond donors (Lipinski definition) is 1. The van der Waals surface area contributed by atoms with Crippen LogP contribution in [0.2, 0.25) is 0 Å². The highest BCUT2D eigenvalue weighted by Gasteiger charge is 2.29. The Morgan fingerprint density at radius 2 is 2.19 bits per heavy atom. The molecule has 7 heteroatoms. The Balaban J connectivity index is 1.78. The first-order valence-electron chi connectivity index (χ1n) is 9.26. The van der Waals surface area contributed by atoms with Crippen LogP contribution in [0.15, 0.2) is 16.7 Å². The first-order valence-corrected chi connectivity index (χ1v) is 10.1. The molecule has 1 saturated heterocycles. The zero-order chi connectivity index (χ0) is 19.1. The molecule has 3 aromatic heterocycles. The molecule has 3 aromatic rings. The summed E-state index contributed by atoms with van der Waals surface area (Å²) in [7, 11) is 1.95. The third-order valence-electron chi connectivity index (χ3n) is 5.23. The Kier molecular flexibility index (Phi) is 4.74. The number of nitrogens with zero attached hydrogens (tertiary/aromatic N) is 3. The van der Waals surface area contributed by atoms with Crippen molar-refractivity contribution < 1.29 is 9.32 Å². The minimum Gasteiger partial charge on any atom is -0.338 e. The summed E-state index contributed by atoms with van der Waals surface area (Å²) >= 11 is 1.73. The maximum atomic E-state index is 13.3. The number of aromatic nitrogens is 2. The largest absolute Gasteiger partial charge is 0.338 e.